The molecule has 5 rings (SSSR count). The molecule has 2 unspecified atom stereocenters. The molecular formula is C36H54O5. The maximum absolute atomic E-state index is 11.7. The standard InChI is InChI=1S/C36H54O5/c1-23(22-40-33-28(34(38)39)13-9-14-32(33)41-25(3)37)10-8-11-24(2)29-17-18-30-27-16-15-26-12-6-7-20-35(26,4)31(27)19-21-36(29,30)5/h9,13-14,23-24,26-27,29-31H,6-8,10-12,15-22H2,1-5H3,(H,38,39)/t23?,24-,26?,27+,29-,30+,31+,35+,36-/m1/s1. The van der Waals surface area contributed by atoms with E-state index in [2.05, 4.69) is 27.7 Å². The lowest BCUT2D eigenvalue weighted by Crippen LogP contribution is -2.53. The van der Waals surface area contributed by atoms with Crippen LogP contribution in [-0.2, 0) is 4.79 Å². The van der Waals surface area contributed by atoms with Crippen LogP contribution in [0.25, 0.3) is 0 Å². The van der Waals surface area contributed by atoms with Crippen LogP contribution in [0.1, 0.15) is 128 Å². The van der Waals surface area contributed by atoms with Crippen molar-refractivity contribution in [3.05, 3.63) is 23.8 Å². The molecule has 4 fully saturated rings. The quantitative estimate of drug-likeness (QED) is 0.226. The minimum absolute atomic E-state index is 0.0225. The number of rotatable bonds is 10. The van der Waals surface area contributed by atoms with Gasteiger partial charge in [-0.15, -0.1) is 0 Å². The molecule has 4 aliphatic carbocycles. The van der Waals surface area contributed by atoms with Gasteiger partial charge in [0, 0.05) is 6.92 Å². The van der Waals surface area contributed by atoms with Gasteiger partial charge >= 0.3 is 11.9 Å². The second kappa shape index (κ2) is 12.3. The van der Waals surface area contributed by atoms with Gasteiger partial charge in [-0.3, -0.25) is 4.79 Å². The van der Waals surface area contributed by atoms with Gasteiger partial charge in [0.2, 0.25) is 0 Å². The van der Waals surface area contributed by atoms with Gasteiger partial charge in [-0.2, -0.15) is 0 Å². The Morgan fingerprint density at radius 2 is 1.73 bits per heavy atom. The number of ether oxygens (including phenoxy) is 2. The molecule has 41 heavy (non-hydrogen) atoms. The molecule has 1 aromatic rings. The van der Waals surface area contributed by atoms with E-state index >= 15 is 0 Å². The third-order valence-electron chi connectivity index (χ3n) is 12.7. The first-order valence-electron chi connectivity index (χ1n) is 16.7. The molecule has 228 valence electrons. The lowest BCUT2D eigenvalue weighted by Gasteiger charge is -2.61. The molecular weight excluding hydrogens is 512 g/mol. The zero-order chi connectivity index (χ0) is 29.4. The molecule has 5 heteroatoms. The number of fused-ring (bicyclic) bond motifs is 5. The molecule has 0 aromatic heterocycles. The molecule has 0 saturated heterocycles. The minimum Gasteiger partial charge on any atom is -0.488 e. The molecule has 0 amide bonds. The second-order valence-electron chi connectivity index (χ2n) is 15.0. The van der Waals surface area contributed by atoms with Crippen LogP contribution in [0.5, 0.6) is 11.5 Å². The van der Waals surface area contributed by atoms with Gasteiger partial charge < -0.3 is 14.6 Å². The Hall–Kier alpha value is -2.04. The van der Waals surface area contributed by atoms with Gasteiger partial charge in [-0.1, -0.05) is 59.4 Å². The molecule has 0 heterocycles. The van der Waals surface area contributed by atoms with Crippen molar-refractivity contribution in [1.82, 2.24) is 0 Å². The van der Waals surface area contributed by atoms with E-state index in [0.29, 0.717) is 17.4 Å². The van der Waals surface area contributed by atoms with E-state index in [1.165, 1.54) is 83.6 Å². The lowest BCUT2D eigenvalue weighted by molar-refractivity contribution is -0.132. The highest BCUT2D eigenvalue weighted by atomic mass is 16.6. The Morgan fingerprint density at radius 3 is 2.49 bits per heavy atom. The van der Waals surface area contributed by atoms with Crippen molar-refractivity contribution in [2.24, 2.45) is 52.3 Å². The van der Waals surface area contributed by atoms with E-state index in [1.807, 2.05) is 0 Å². The fourth-order valence-corrected chi connectivity index (χ4v) is 10.6. The van der Waals surface area contributed by atoms with Crippen molar-refractivity contribution in [3.8, 4) is 11.5 Å². The topological polar surface area (TPSA) is 72.8 Å². The van der Waals surface area contributed by atoms with Crippen LogP contribution < -0.4 is 9.47 Å². The maximum Gasteiger partial charge on any atom is 0.339 e. The Morgan fingerprint density at radius 1 is 0.951 bits per heavy atom. The maximum atomic E-state index is 11.7. The first-order valence-corrected chi connectivity index (χ1v) is 16.7. The number of hydrogen-bond donors (Lipinski definition) is 1. The summed E-state index contributed by atoms with van der Waals surface area (Å²) in [4.78, 5) is 23.3. The van der Waals surface area contributed by atoms with Gasteiger partial charge in [0.25, 0.3) is 0 Å². The highest BCUT2D eigenvalue weighted by molar-refractivity contribution is 5.92. The monoisotopic (exact) mass is 566 g/mol. The van der Waals surface area contributed by atoms with Crippen molar-refractivity contribution < 1.29 is 24.2 Å². The van der Waals surface area contributed by atoms with Crippen molar-refractivity contribution in [2.75, 3.05) is 6.61 Å². The van der Waals surface area contributed by atoms with E-state index in [4.69, 9.17) is 9.47 Å². The van der Waals surface area contributed by atoms with Crippen LogP contribution >= 0.6 is 0 Å². The molecule has 1 N–H and O–H groups in total. The summed E-state index contributed by atoms with van der Waals surface area (Å²) in [7, 11) is 0. The lowest BCUT2D eigenvalue weighted by atomic mass is 9.44. The van der Waals surface area contributed by atoms with E-state index in [9.17, 15) is 14.7 Å². The first kappa shape index (κ1) is 30.4. The minimum atomic E-state index is -1.09. The highest BCUT2D eigenvalue weighted by Crippen LogP contribution is 2.68. The summed E-state index contributed by atoms with van der Waals surface area (Å²) in [5.74, 6) is 4.45. The number of benzene rings is 1. The number of hydrogen-bond acceptors (Lipinski definition) is 4. The van der Waals surface area contributed by atoms with Crippen molar-refractivity contribution in [1.29, 1.82) is 0 Å². The first-order chi connectivity index (χ1) is 19.5. The fourth-order valence-electron chi connectivity index (χ4n) is 10.6. The number of carbonyl (C=O) groups is 2. The number of para-hydroxylation sites is 1. The summed E-state index contributed by atoms with van der Waals surface area (Å²) >= 11 is 0. The summed E-state index contributed by atoms with van der Waals surface area (Å²) in [6, 6.07) is 4.64. The van der Waals surface area contributed by atoms with Crippen LogP contribution in [0.4, 0.5) is 0 Å². The van der Waals surface area contributed by atoms with Crippen molar-refractivity contribution in [2.45, 2.75) is 118 Å². The number of esters is 1. The van der Waals surface area contributed by atoms with E-state index < -0.39 is 11.9 Å². The van der Waals surface area contributed by atoms with Crippen LogP contribution in [0.15, 0.2) is 18.2 Å². The fraction of sp³-hybridized carbons (Fsp3) is 0.778. The van der Waals surface area contributed by atoms with Crippen molar-refractivity contribution >= 4 is 11.9 Å². The Kier molecular flexibility index (Phi) is 9.12. The molecule has 0 bridgehead atoms. The number of carboxylic acids is 1. The Labute approximate surface area is 248 Å². The normalized spacial score (nSPS) is 35.9. The van der Waals surface area contributed by atoms with Crippen LogP contribution in [0.2, 0.25) is 0 Å². The van der Waals surface area contributed by atoms with Crippen LogP contribution in [-0.4, -0.2) is 23.7 Å². The van der Waals surface area contributed by atoms with Gasteiger partial charge in [-0.05, 0) is 122 Å². The molecule has 0 spiro atoms. The summed E-state index contributed by atoms with van der Waals surface area (Å²) in [6.07, 6.45) is 18.1. The summed E-state index contributed by atoms with van der Waals surface area (Å²) in [5, 5.41) is 9.61. The van der Waals surface area contributed by atoms with Crippen LogP contribution in [0, 0.1) is 52.3 Å². The summed E-state index contributed by atoms with van der Waals surface area (Å²) < 4.78 is 11.2. The van der Waals surface area contributed by atoms with E-state index in [1.54, 1.807) is 12.1 Å². The SMILES string of the molecule is CC(=O)Oc1cccc(C(=O)O)c1OCC(C)CCC[C@@H](C)[C@H]1CC[C@H]2[C@@H]3CCC4CCCC[C@]4(C)[C@H]3CC[C@]12C. The number of carbonyl (C=O) groups excluding carboxylic acids is 1. The average Bonchev–Trinajstić information content (AvgIpc) is 3.28. The zero-order valence-corrected chi connectivity index (χ0v) is 26.3. The molecule has 0 radical (unpaired) electrons. The van der Waals surface area contributed by atoms with Crippen molar-refractivity contribution in [3.63, 3.8) is 0 Å². The molecule has 9 atom stereocenters. The number of aromatic carboxylic acids is 1. The summed E-state index contributed by atoms with van der Waals surface area (Å²) in [5.41, 5.74) is 1.16. The third kappa shape index (κ3) is 5.93. The molecule has 1 aromatic carbocycles. The number of carboxylic acid groups (broad SMARTS) is 1. The third-order valence-corrected chi connectivity index (χ3v) is 12.7. The van der Waals surface area contributed by atoms with E-state index in [-0.39, 0.29) is 23.0 Å². The molecule has 5 nitrogen and oxygen atoms in total. The average molecular weight is 567 g/mol. The predicted molar refractivity (Wildman–Crippen MR) is 162 cm³/mol. The van der Waals surface area contributed by atoms with Gasteiger partial charge in [0.15, 0.2) is 11.5 Å². The Bertz CT molecular complexity index is 1100. The molecule has 0 aliphatic heterocycles. The van der Waals surface area contributed by atoms with E-state index in [0.717, 1.165) is 48.3 Å². The highest BCUT2D eigenvalue weighted by Gasteiger charge is 2.60. The molecule has 4 saturated carbocycles. The van der Waals surface area contributed by atoms with Gasteiger partial charge in [0.1, 0.15) is 5.56 Å². The van der Waals surface area contributed by atoms with Gasteiger partial charge in [-0.25, -0.2) is 4.79 Å². The molecule has 4 aliphatic rings. The Balaban J connectivity index is 1.14. The largest absolute Gasteiger partial charge is 0.488 e. The predicted octanol–water partition coefficient (Wildman–Crippen LogP) is 9.18. The zero-order valence-electron chi connectivity index (χ0n) is 26.3. The summed E-state index contributed by atoms with van der Waals surface area (Å²) in [6.45, 7) is 11.7. The van der Waals surface area contributed by atoms with Crippen LogP contribution in [0.3, 0.4) is 0 Å². The van der Waals surface area contributed by atoms with Gasteiger partial charge in [0.05, 0.1) is 6.61 Å². The smallest absolute Gasteiger partial charge is 0.339 e. The second-order valence-corrected chi connectivity index (χ2v) is 15.0.